The molecule has 3 amide bonds. The first-order valence-corrected chi connectivity index (χ1v) is 12.5. The predicted molar refractivity (Wildman–Crippen MR) is 148 cm³/mol. The van der Waals surface area contributed by atoms with Crippen LogP contribution in [-0.2, 0) is 19.1 Å². The van der Waals surface area contributed by atoms with Gasteiger partial charge in [0.25, 0.3) is 17.7 Å². The maximum atomic E-state index is 13.1. The van der Waals surface area contributed by atoms with Gasteiger partial charge in [0, 0.05) is 16.9 Å². The molecule has 4 rings (SSSR count). The minimum atomic E-state index is -0.751. The monoisotopic (exact) mass is 561 g/mol. The molecule has 40 heavy (non-hydrogen) atoms. The summed E-state index contributed by atoms with van der Waals surface area (Å²) in [5, 5.41) is 5.22. The Balaban J connectivity index is 1.45. The fourth-order valence-electron chi connectivity index (χ4n) is 3.79. The Morgan fingerprint density at radius 1 is 0.825 bits per heavy atom. The van der Waals surface area contributed by atoms with Crippen LogP contribution in [0.25, 0.3) is 0 Å². The number of anilines is 3. The van der Waals surface area contributed by atoms with Crippen molar-refractivity contribution in [2.24, 2.45) is 0 Å². The lowest BCUT2D eigenvalue weighted by atomic mass is 10.1. The van der Waals surface area contributed by atoms with E-state index in [0.717, 1.165) is 4.90 Å². The SMILES string of the molecule is CCCOC(=O)c1cccc(N2C(=O)C(Cl)=C(Nc3ccc(C(=O)Nc4cccc(C(=O)OC)c4)cc3)C2=O)c1. The molecule has 0 atom stereocenters. The molecular formula is C29H24ClN3O7. The third kappa shape index (κ3) is 6.02. The molecule has 1 heterocycles. The van der Waals surface area contributed by atoms with Gasteiger partial charge in [0.1, 0.15) is 10.7 Å². The lowest BCUT2D eigenvalue weighted by molar-refractivity contribution is -0.120. The van der Waals surface area contributed by atoms with Crippen LogP contribution < -0.4 is 15.5 Å². The molecule has 1 aliphatic rings. The fraction of sp³-hybridized carbons (Fsp3) is 0.138. The van der Waals surface area contributed by atoms with E-state index in [1.165, 1.54) is 49.6 Å². The van der Waals surface area contributed by atoms with Gasteiger partial charge in [0.05, 0.1) is 30.5 Å². The summed E-state index contributed by atoms with van der Waals surface area (Å²) in [7, 11) is 1.27. The Hall–Kier alpha value is -4.96. The number of hydrogen-bond acceptors (Lipinski definition) is 8. The lowest BCUT2D eigenvalue weighted by Gasteiger charge is -2.16. The first-order chi connectivity index (χ1) is 19.2. The number of esters is 2. The van der Waals surface area contributed by atoms with E-state index < -0.39 is 29.7 Å². The second kappa shape index (κ2) is 12.3. The first-order valence-electron chi connectivity index (χ1n) is 12.2. The van der Waals surface area contributed by atoms with Gasteiger partial charge in [-0.05, 0) is 67.1 Å². The van der Waals surface area contributed by atoms with Gasteiger partial charge in [-0.1, -0.05) is 30.7 Å². The summed E-state index contributed by atoms with van der Waals surface area (Å²) in [6, 6.07) is 18.4. The highest BCUT2D eigenvalue weighted by atomic mass is 35.5. The molecule has 0 saturated heterocycles. The minimum Gasteiger partial charge on any atom is -0.465 e. The topological polar surface area (TPSA) is 131 Å². The molecule has 0 saturated carbocycles. The summed E-state index contributed by atoms with van der Waals surface area (Å²) < 4.78 is 9.82. The van der Waals surface area contributed by atoms with Crippen molar-refractivity contribution in [3.05, 3.63) is 100 Å². The number of methoxy groups -OCH3 is 1. The van der Waals surface area contributed by atoms with E-state index >= 15 is 0 Å². The Kier molecular flexibility index (Phi) is 8.60. The van der Waals surface area contributed by atoms with Crippen LogP contribution in [0.15, 0.2) is 83.5 Å². The molecule has 0 bridgehead atoms. The van der Waals surface area contributed by atoms with Gasteiger partial charge in [0.2, 0.25) is 0 Å². The van der Waals surface area contributed by atoms with Gasteiger partial charge >= 0.3 is 11.9 Å². The van der Waals surface area contributed by atoms with E-state index in [9.17, 15) is 24.0 Å². The highest BCUT2D eigenvalue weighted by molar-refractivity contribution is 6.53. The van der Waals surface area contributed by atoms with Gasteiger partial charge in [0.15, 0.2) is 0 Å². The molecule has 0 aromatic heterocycles. The van der Waals surface area contributed by atoms with Gasteiger partial charge in [-0.2, -0.15) is 0 Å². The van der Waals surface area contributed by atoms with Crippen molar-refractivity contribution in [1.29, 1.82) is 0 Å². The smallest absolute Gasteiger partial charge is 0.338 e. The number of ether oxygens (including phenoxy) is 2. The molecule has 0 unspecified atom stereocenters. The highest BCUT2D eigenvalue weighted by Gasteiger charge is 2.39. The van der Waals surface area contributed by atoms with Crippen molar-refractivity contribution in [2.75, 3.05) is 29.3 Å². The number of rotatable bonds is 9. The van der Waals surface area contributed by atoms with Gasteiger partial charge in [-0.3, -0.25) is 14.4 Å². The summed E-state index contributed by atoms with van der Waals surface area (Å²) in [5.41, 5.74) is 1.60. The highest BCUT2D eigenvalue weighted by Crippen LogP contribution is 2.31. The number of amides is 3. The van der Waals surface area contributed by atoms with Crippen LogP contribution >= 0.6 is 11.6 Å². The number of carbonyl (C=O) groups excluding carboxylic acids is 5. The molecule has 0 spiro atoms. The predicted octanol–water partition coefficient (Wildman–Crippen LogP) is 4.73. The summed E-state index contributed by atoms with van der Waals surface area (Å²) in [4.78, 5) is 63.5. The van der Waals surface area contributed by atoms with E-state index in [4.69, 9.17) is 21.1 Å². The van der Waals surface area contributed by atoms with Crippen molar-refractivity contribution in [3.63, 3.8) is 0 Å². The lowest BCUT2D eigenvalue weighted by Crippen LogP contribution is -2.32. The molecule has 3 aromatic rings. The number of carbonyl (C=O) groups is 5. The van der Waals surface area contributed by atoms with Crippen LogP contribution in [0, 0.1) is 0 Å². The van der Waals surface area contributed by atoms with E-state index in [-0.39, 0.29) is 34.2 Å². The molecule has 11 heteroatoms. The van der Waals surface area contributed by atoms with Gasteiger partial charge in [-0.25, -0.2) is 14.5 Å². The van der Waals surface area contributed by atoms with E-state index in [2.05, 4.69) is 10.6 Å². The fourth-order valence-corrected chi connectivity index (χ4v) is 4.00. The number of nitrogens with one attached hydrogen (secondary N) is 2. The van der Waals surface area contributed by atoms with Crippen LogP contribution in [-0.4, -0.2) is 43.4 Å². The largest absolute Gasteiger partial charge is 0.465 e. The normalized spacial score (nSPS) is 12.8. The van der Waals surface area contributed by atoms with E-state index in [1.54, 1.807) is 30.3 Å². The Morgan fingerprint density at radius 3 is 2.17 bits per heavy atom. The van der Waals surface area contributed by atoms with Crippen molar-refractivity contribution >= 4 is 58.3 Å². The number of imide groups is 1. The van der Waals surface area contributed by atoms with Crippen LogP contribution in [0.1, 0.15) is 44.4 Å². The second-order valence-electron chi connectivity index (χ2n) is 8.55. The summed E-state index contributed by atoms with van der Waals surface area (Å²) >= 11 is 6.22. The maximum absolute atomic E-state index is 13.1. The van der Waals surface area contributed by atoms with Crippen molar-refractivity contribution in [3.8, 4) is 0 Å². The number of nitrogens with zero attached hydrogens (tertiary/aromatic N) is 1. The molecule has 1 aliphatic heterocycles. The Labute approximate surface area is 234 Å². The van der Waals surface area contributed by atoms with Gasteiger partial charge < -0.3 is 20.1 Å². The van der Waals surface area contributed by atoms with Crippen LogP contribution in [0.3, 0.4) is 0 Å². The molecule has 3 aromatic carbocycles. The minimum absolute atomic E-state index is 0.151. The zero-order chi connectivity index (χ0) is 28.8. The Bertz CT molecular complexity index is 1530. The molecule has 0 aliphatic carbocycles. The molecular weight excluding hydrogens is 538 g/mol. The molecule has 10 nitrogen and oxygen atoms in total. The average Bonchev–Trinajstić information content (AvgIpc) is 3.18. The number of hydrogen-bond donors (Lipinski definition) is 2. The number of benzene rings is 3. The summed E-state index contributed by atoms with van der Waals surface area (Å²) in [6.45, 7) is 2.11. The average molecular weight is 562 g/mol. The van der Waals surface area contributed by atoms with Crippen molar-refractivity contribution in [2.45, 2.75) is 13.3 Å². The molecule has 204 valence electrons. The third-order valence-corrected chi connectivity index (χ3v) is 6.11. The number of halogens is 1. The second-order valence-corrected chi connectivity index (χ2v) is 8.93. The van der Waals surface area contributed by atoms with Crippen molar-refractivity contribution in [1.82, 2.24) is 0 Å². The van der Waals surface area contributed by atoms with Crippen molar-refractivity contribution < 1.29 is 33.4 Å². The zero-order valence-electron chi connectivity index (χ0n) is 21.5. The standard InChI is InChI=1S/C29H24ClN3O7/c1-3-14-40-29(38)19-7-5-9-22(16-19)33-26(35)23(30)24(27(33)36)31-20-12-10-17(11-13-20)25(34)32-21-8-4-6-18(15-21)28(37)39-2/h4-13,15-16,31H,3,14H2,1-2H3,(H,32,34). The zero-order valence-corrected chi connectivity index (χ0v) is 22.3. The Morgan fingerprint density at radius 2 is 1.50 bits per heavy atom. The van der Waals surface area contributed by atoms with Crippen LogP contribution in [0.2, 0.25) is 0 Å². The molecule has 0 radical (unpaired) electrons. The van der Waals surface area contributed by atoms with Crippen LogP contribution in [0.5, 0.6) is 0 Å². The van der Waals surface area contributed by atoms with Gasteiger partial charge in [-0.15, -0.1) is 0 Å². The van der Waals surface area contributed by atoms with E-state index in [0.29, 0.717) is 23.4 Å². The maximum Gasteiger partial charge on any atom is 0.338 e. The quantitative estimate of drug-likeness (QED) is 0.283. The summed E-state index contributed by atoms with van der Waals surface area (Å²) in [5.74, 6) is -2.98. The third-order valence-electron chi connectivity index (χ3n) is 5.76. The van der Waals surface area contributed by atoms with E-state index in [1.807, 2.05) is 6.92 Å². The summed E-state index contributed by atoms with van der Waals surface area (Å²) in [6.07, 6.45) is 0.652. The van der Waals surface area contributed by atoms with Crippen LogP contribution in [0.4, 0.5) is 17.1 Å². The first kappa shape index (κ1) is 28.1. The molecule has 2 N–H and O–H groups in total. The molecule has 0 fully saturated rings.